The molecule has 4 nitrogen and oxygen atoms in total. The van der Waals surface area contributed by atoms with Crippen LogP contribution in [0.1, 0.15) is 13.8 Å². The molecular formula is C7H16N2O2S. The fraction of sp³-hybridized carbons (Fsp3) is 0.857. The fourth-order valence-electron chi connectivity index (χ4n) is 0.577. The second-order valence-corrected chi connectivity index (χ2v) is 4.35. The molecule has 2 atom stereocenters. The van der Waals surface area contributed by atoms with E-state index in [0.29, 0.717) is 13.1 Å². The first-order valence-corrected chi connectivity index (χ1v) is 5.54. The van der Waals surface area contributed by atoms with E-state index in [2.05, 4.69) is 10.6 Å². The van der Waals surface area contributed by atoms with Gasteiger partial charge in [-0.3, -0.25) is 4.21 Å². The molecule has 0 aromatic heterocycles. The van der Waals surface area contributed by atoms with E-state index >= 15 is 0 Å². The molecule has 0 aliphatic carbocycles. The normalized spacial score (nSPS) is 14.9. The minimum atomic E-state index is -0.873. The second-order valence-electron chi connectivity index (χ2n) is 2.55. The molecule has 0 rings (SSSR count). The molecule has 2 amide bonds. The van der Waals surface area contributed by atoms with Crippen molar-refractivity contribution in [2.75, 3.05) is 19.3 Å². The molecule has 0 radical (unpaired) electrons. The second kappa shape index (κ2) is 5.99. The van der Waals surface area contributed by atoms with Crippen LogP contribution in [0.25, 0.3) is 0 Å². The molecule has 0 saturated heterocycles. The highest BCUT2D eigenvalue weighted by molar-refractivity contribution is 7.84. The Morgan fingerprint density at radius 1 is 1.50 bits per heavy atom. The number of urea groups is 1. The van der Waals surface area contributed by atoms with Gasteiger partial charge >= 0.3 is 6.03 Å². The number of nitrogens with one attached hydrogen (secondary N) is 2. The number of hydrogen-bond donors (Lipinski definition) is 2. The lowest BCUT2D eigenvalue weighted by molar-refractivity contribution is 0.241. The molecule has 0 aliphatic rings. The van der Waals surface area contributed by atoms with Gasteiger partial charge in [-0.25, -0.2) is 4.79 Å². The molecule has 0 bridgehead atoms. The largest absolute Gasteiger partial charge is 0.338 e. The van der Waals surface area contributed by atoms with Crippen LogP contribution in [-0.2, 0) is 10.8 Å². The Labute approximate surface area is 75.6 Å². The molecule has 2 N–H and O–H groups in total. The average molecular weight is 192 g/mol. The van der Waals surface area contributed by atoms with Crippen molar-refractivity contribution >= 4 is 16.8 Å². The van der Waals surface area contributed by atoms with Gasteiger partial charge in [0.2, 0.25) is 0 Å². The summed E-state index contributed by atoms with van der Waals surface area (Å²) in [6.07, 6.45) is 1.63. The SMILES string of the molecule is CCNC(=O)NCC(C)S(C)=O. The minimum absolute atomic E-state index is 0.00704. The number of amides is 2. The summed E-state index contributed by atoms with van der Waals surface area (Å²) in [4.78, 5) is 10.8. The van der Waals surface area contributed by atoms with E-state index in [4.69, 9.17) is 0 Å². The van der Waals surface area contributed by atoms with Gasteiger partial charge in [0.15, 0.2) is 0 Å². The molecule has 0 saturated carbocycles. The van der Waals surface area contributed by atoms with Gasteiger partial charge in [-0.05, 0) is 13.8 Å². The summed E-state index contributed by atoms with van der Waals surface area (Å²) < 4.78 is 10.9. The smallest absolute Gasteiger partial charge is 0.314 e. The van der Waals surface area contributed by atoms with Crippen LogP contribution in [0.2, 0.25) is 0 Å². The molecule has 0 heterocycles. The Morgan fingerprint density at radius 2 is 2.08 bits per heavy atom. The number of hydrogen-bond acceptors (Lipinski definition) is 2. The van der Waals surface area contributed by atoms with E-state index in [9.17, 15) is 9.00 Å². The molecule has 12 heavy (non-hydrogen) atoms. The highest BCUT2D eigenvalue weighted by atomic mass is 32.2. The van der Waals surface area contributed by atoms with Gasteiger partial charge in [-0.2, -0.15) is 0 Å². The average Bonchev–Trinajstić information content (AvgIpc) is 2.00. The van der Waals surface area contributed by atoms with Gasteiger partial charge in [0, 0.05) is 35.4 Å². The van der Waals surface area contributed by atoms with Crippen molar-refractivity contribution in [2.45, 2.75) is 19.1 Å². The Morgan fingerprint density at radius 3 is 2.50 bits per heavy atom. The molecule has 72 valence electrons. The van der Waals surface area contributed by atoms with Crippen molar-refractivity contribution in [3.63, 3.8) is 0 Å². The summed E-state index contributed by atoms with van der Waals surface area (Å²) in [6, 6.07) is -0.199. The summed E-state index contributed by atoms with van der Waals surface area (Å²) in [7, 11) is -0.873. The van der Waals surface area contributed by atoms with Gasteiger partial charge in [0.1, 0.15) is 0 Å². The molecule has 2 unspecified atom stereocenters. The van der Waals surface area contributed by atoms with Crippen molar-refractivity contribution < 1.29 is 9.00 Å². The number of carbonyl (C=O) groups is 1. The van der Waals surface area contributed by atoms with Crippen LogP contribution in [0.3, 0.4) is 0 Å². The van der Waals surface area contributed by atoms with E-state index in [1.165, 1.54) is 0 Å². The summed E-state index contributed by atoms with van der Waals surface area (Å²) in [6.45, 7) is 4.74. The number of carbonyl (C=O) groups excluding carboxylic acids is 1. The molecule has 0 aromatic carbocycles. The van der Waals surface area contributed by atoms with E-state index < -0.39 is 10.8 Å². The highest BCUT2D eigenvalue weighted by Gasteiger charge is 2.06. The monoisotopic (exact) mass is 192 g/mol. The van der Waals surface area contributed by atoms with Crippen LogP contribution in [0.5, 0.6) is 0 Å². The maximum Gasteiger partial charge on any atom is 0.314 e. The topological polar surface area (TPSA) is 58.2 Å². The van der Waals surface area contributed by atoms with Crippen molar-refractivity contribution in [3.8, 4) is 0 Å². The molecule has 0 aromatic rings. The first-order chi connectivity index (χ1) is 5.57. The zero-order valence-electron chi connectivity index (χ0n) is 7.72. The summed E-state index contributed by atoms with van der Waals surface area (Å²) >= 11 is 0. The van der Waals surface area contributed by atoms with Crippen LogP contribution in [0.15, 0.2) is 0 Å². The Kier molecular flexibility index (Phi) is 5.70. The molecule has 0 spiro atoms. The van der Waals surface area contributed by atoms with Crippen molar-refractivity contribution in [2.24, 2.45) is 0 Å². The van der Waals surface area contributed by atoms with Crippen LogP contribution in [0, 0.1) is 0 Å². The van der Waals surface area contributed by atoms with Gasteiger partial charge in [0.25, 0.3) is 0 Å². The van der Waals surface area contributed by atoms with Crippen LogP contribution >= 0.6 is 0 Å². The lowest BCUT2D eigenvalue weighted by Gasteiger charge is -2.09. The zero-order valence-corrected chi connectivity index (χ0v) is 8.53. The predicted octanol–water partition coefficient (Wildman–Crippen LogP) is 0.0725. The van der Waals surface area contributed by atoms with E-state index in [1.54, 1.807) is 6.26 Å². The highest BCUT2D eigenvalue weighted by Crippen LogP contribution is 1.88. The van der Waals surface area contributed by atoms with E-state index in [-0.39, 0.29) is 11.3 Å². The quantitative estimate of drug-likeness (QED) is 0.662. The Hall–Kier alpha value is -0.580. The first-order valence-electron chi connectivity index (χ1n) is 3.91. The molecule has 0 fully saturated rings. The lowest BCUT2D eigenvalue weighted by Crippen LogP contribution is -2.39. The van der Waals surface area contributed by atoms with Crippen LogP contribution < -0.4 is 10.6 Å². The van der Waals surface area contributed by atoms with Crippen molar-refractivity contribution in [1.82, 2.24) is 10.6 Å². The van der Waals surface area contributed by atoms with Crippen molar-refractivity contribution in [1.29, 1.82) is 0 Å². The molecule has 0 aliphatic heterocycles. The van der Waals surface area contributed by atoms with E-state index in [0.717, 1.165) is 0 Å². The predicted molar refractivity (Wildman–Crippen MR) is 50.6 cm³/mol. The van der Waals surface area contributed by atoms with Gasteiger partial charge < -0.3 is 10.6 Å². The Bertz CT molecular complexity index is 173. The summed E-state index contributed by atoms with van der Waals surface area (Å²) in [5.74, 6) is 0. The number of rotatable bonds is 4. The standard InChI is InChI=1S/C7H16N2O2S/c1-4-8-7(10)9-5-6(2)12(3)11/h6H,4-5H2,1-3H3,(H2,8,9,10). The van der Waals surface area contributed by atoms with Gasteiger partial charge in [-0.1, -0.05) is 0 Å². The molecule has 5 heteroatoms. The van der Waals surface area contributed by atoms with Crippen LogP contribution in [0.4, 0.5) is 4.79 Å². The minimum Gasteiger partial charge on any atom is -0.338 e. The van der Waals surface area contributed by atoms with Gasteiger partial charge in [0.05, 0.1) is 0 Å². The summed E-state index contributed by atoms with van der Waals surface area (Å²) in [5, 5.41) is 5.22. The zero-order chi connectivity index (χ0) is 9.56. The van der Waals surface area contributed by atoms with Gasteiger partial charge in [-0.15, -0.1) is 0 Å². The molecular weight excluding hydrogens is 176 g/mol. The first kappa shape index (κ1) is 11.4. The maximum atomic E-state index is 10.9. The third kappa shape index (κ3) is 5.12. The maximum absolute atomic E-state index is 10.9. The van der Waals surface area contributed by atoms with Crippen molar-refractivity contribution in [3.05, 3.63) is 0 Å². The third-order valence-electron chi connectivity index (χ3n) is 1.45. The fourth-order valence-corrected chi connectivity index (χ4v) is 0.895. The lowest BCUT2D eigenvalue weighted by atomic mass is 10.5. The third-order valence-corrected chi connectivity index (χ3v) is 2.75. The van der Waals surface area contributed by atoms with Crippen LogP contribution in [-0.4, -0.2) is 34.8 Å². The Balaban J connectivity index is 3.54. The van der Waals surface area contributed by atoms with E-state index in [1.807, 2.05) is 13.8 Å². The summed E-state index contributed by atoms with van der Waals surface area (Å²) in [5.41, 5.74) is 0.